The molecule has 0 radical (unpaired) electrons. The Kier molecular flexibility index (Phi) is 68.7. The van der Waals surface area contributed by atoms with Gasteiger partial charge in [-0.1, -0.05) is 0 Å². The highest BCUT2D eigenvalue weighted by Gasteiger charge is 1.37. The maximum atomic E-state index is 5.00. The minimum atomic E-state index is 1.32. The quantitative estimate of drug-likeness (QED) is 0.344. The SMILES string of the molecule is S=S=S=S=S=S=S.S=S=S=S=S=S=S=S.S=S=S=S=S=S=S=S=S.S=S=S=S=S=S=S=S=S=S.[2H][2H].[2H][2H].[2H][2H]. The molecule has 34 heavy (non-hydrogen) atoms. The highest BCUT2D eigenvalue weighted by molar-refractivity contribution is 8.74. The summed E-state index contributed by atoms with van der Waals surface area (Å²) in [5.41, 5.74) is 0. The van der Waals surface area contributed by atoms with Crippen molar-refractivity contribution in [3.05, 3.63) is 0 Å². The molecular weight excluding hydrogens is 1090 g/mol. The Morgan fingerprint density at radius 1 is 0.206 bits per heavy atom. The van der Waals surface area contributed by atoms with Gasteiger partial charge in [0.05, 0.1) is 0 Å². The summed E-state index contributed by atoms with van der Waals surface area (Å²) in [5, 5.41) is 0. The maximum Gasteiger partial charge on any atom is 0 e. The Morgan fingerprint density at radius 2 is 0.294 bits per heavy atom. The number of hydrogen-bond acceptors (Lipinski definition) is 8. The van der Waals surface area contributed by atoms with Crippen LogP contribution >= 0.6 is 0 Å². The minimum absolute atomic E-state index is 1.32. The van der Waals surface area contributed by atoms with Gasteiger partial charge in [-0.15, -0.1) is 0 Å². The molecule has 0 spiro atoms. The van der Waals surface area contributed by atoms with Gasteiger partial charge in [-0.2, -0.15) is 0 Å². The van der Waals surface area contributed by atoms with E-state index < -0.39 is 0 Å². The van der Waals surface area contributed by atoms with Gasteiger partial charge in [0.2, 0.25) is 0 Å². The lowest BCUT2D eigenvalue weighted by atomic mass is 30.7. The fraction of sp³-hybridized carbons (Fsp3) is 0. The molecule has 210 valence electrons. The minimum Gasteiger partial charge on any atom is 0 e. The molecule has 0 saturated heterocycles. The van der Waals surface area contributed by atoms with Crippen molar-refractivity contribution in [1.82, 2.24) is 0 Å². The topological polar surface area (TPSA) is 0 Å². The van der Waals surface area contributed by atoms with E-state index in [-0.39, 0.29) is 0 Å². The van der Waals surface area contributed by atoms with Gasteiger partial charge < -0.3 is 0 Å². The van der Waals surface area contributed by atoms with Gasteiger partial charge >= 0.3 is 0 Å². The molecule has 0 aliphatic carbocycles. The van der Waals surface area contributed by atoms with Gasteiger partial charge in [-0.25, -0.2) is 0 Å². The van der Waals surface area contributed by atoms with Crippen LogP contribution in [0.15, 0.2) is 0 Å². The largest absolute Gasteiger partial charge is 0 e. The van der Waals surface area contributed by atoms with Crippen molar-refractivity contribution in [2.45, 2.75) is 0 Å². The van der Waals surface area contributed by atoms with Gasteiger partial charge in [0, 0.05) is 329 Å². The average Bonchev–Trinajstić information content (AvgIpc) is 3.01. The fourth-order valence-electron chi connectivity index (χ4n) is 0.204. The Labute approximate surface area is 321 Å². The van der Waals surface area contributed by atoms with Crippen LogP contribution in [0.3, 0.4) is 0 Å². The molecule has 0 aromatic carbocycles. The first kappa shape index (κ1) is 41.5. The lowest BCUT2D eigenvalue weighted by Gasteiger charge is -1.36. The summed E-state index contributed by atoms with van der Waals surface area (Å²) >= 11 is 36.9. The van der Waals surface area contributed by atoms with Crippen molar-refractivity contribution in [2.75, 3.05) is 0 Å². The predicted molar refractivity (Wildman–Crippen MR) is 257 cm³/mol. The van der Waals surface area contributed by atoms with Gasteiger partial charge in [0.15, 0.2) is 0 Å². The summed E-state index contributed by atoms with van der Waals surface area (Å²) in [6.45, 7) is 0. The molecule has 0 N–H and O–H groups in total. The van der Waals surface area contributed by atoms with Crippen LogP contribution in [0.2, 0.25) is 0 Å². The van der Waals surface area contributed by atoms with Crippen LogP contribution in [-0.2, 0) is 320 Å². The Morgan fingerprint density at radius 3 is 0.412 bits per heavy atom. The van der Waals surface area contributed by atoms with Crippen molar-refractivity contribution in [2.24, 2.45) is 0 Å². The average molecular weight is 1100 g/mol. The van der Waals surface area contributed by atoms with E-state index in [2.05, 4.69) is 89.5 Å². The molecule has 0 fully saturated rings. The predicted octanol–water partition coefficient (Wildman–Crippen LogP) is 0.656. The van der Waals surface area contributed by atoms with Crippen molar-refractivity contribution in [1.29, 1.82) is 0 Å². The standard InChI is InChI=1S/S10.S9.S8.S7.3H2/c1-3-5-7-9-10-8-6-4-2;1-3-5-7-9-8-6-4-2;1-3-5-7-8-6-4-2;1-3-5-7-6-4-2;;;/h;;;;3*1H/i;;;;3*1+1D. The van der Waals surface area contributed by atoms with E-state index in [4.69, 9.17) is 8.91 Å². The number of rotatable bonds is 0. The molecule has 0 nitrogen and oxygen atoms in total. The third-order valence-electron chi connectivity index (χ3n) is 0.611. The molecular formula is H6S34. The molecule has 0 bridgehead atoms. The highest BCUT2D eigenvalue weighted by Crippen LogP contribution is 1.37. The second kappa shape index (κ2) is 56.3. The van der Waals surface area contributed by atoms with Crippen LogP contribution < -0.4 is 0 Å². The normalized spacial score (nSPS) is 7.29. The van der Waals surface area contributed by atoms with Crippen molar-refractivity contribution in [3.63, 3.8) is 0 Å². The molecule has 0 aromatic rings. The van der Waals surface area contributed by atoms with Gasteiger partial charge in [0.25, 0.3) is 0 Å². The van der Waals surface area contributed by atoms with Gasteiger partial charge in [-0.3, -0.25) is 0 Å². The summed E-state index contributed by atoms with van der Waals surface area (Å²) in [4.78, 5) is 0. The zero-order valence-electron chi connectivity index (χ0n) is 19.9. The summed E-state index contributed by atoms with van der Waals surface area (Å²) < 4.78 is 30.0. The van der Waals surface area contributed by atoms with Crippen LogP contribution in [0.1, 0.15) is 8.91 Å². The molecule has 0 saturated carbocycles. The van der Waals surface area contributed by atoms with Gasteiger partial charge in [0.1, 0.15) is 0 Å². The van der Waals surface area contributed by atoms with E-state index in [1.54, 1.807) is 160 Å². The summed E-state index contributed by atoms with van der Waals surface area (Å²) in [7, 11) is 40.1. The van der Waals surface area contributed by atoms with E-state index in [1.807, 2.05) is 0 Å². The molecule has 0 unspecified atom stereocenters. The van der Waals surface area contributed by atoms with E-state index in [0.717, 1.165) is 0 Å². The summed E-state index contributed by atoms with van der Waals surface area (Å²) in [5.74, 6) is 0. The van der Waals surface area contributed by atoms with Crippen molar-refractivity contribution >= 4 is 320 Å². The Bertz CT molecular complexity index is 1590. The summed E-state index contributed by atoms with van der Waals surface area (Å²) in [6.07, 6.45) is 0. The lowest BCUT2D eigenvalue weighted by Crippen LogP contribution is -1.36. The maximum absolute atomic E-state index is 5.00. The fourth-order valence-corrected chi connectivity index (χ4v) is 49.6. The second-order valence-corrected chi connectivity index (χ2v) is 47.8. The monoisotopic (exact) mass is 1100 g/mol. The lowest BCUT2D eigenvalue weighted by molar-refractivity contribution is 6.01. The first-order valence-electron chi connectivity index (χ1n) is 8.00. The Hall–Kier alpha value is 7.48. The molecule has 34 heteroatoms. The van der Waals surface area contributed by atoms with Crippen molar-refractivity contribution in [3.8, 4) is 0 Å². The smallest absolute Gasteiger partial charge is 0 e. The van der Waals surface area contributed by atoms with Crippen LogP contribution in [0.4, 0.5) is 0 Å². The summed E-state index contributed by atoms with van der Waals surface area (Å²) in [6, 6.07) is 0. The molecule has 0 amide bonds. The van der Waals surface area contributed by atoms with E-state index in [1.165, 1.54) is 71.0 Å². The molecule has 0 aliphatic heterocycles. The molecule has 0 aromatic heterocycles. The van der Waals surface area contributed by atoms with Crippen LogP contribution in [-0.4, -0.2) is 0 Å². The Balaban J connectivity index is -0.0000000685. The van der Waals surface area contributed by atoms with Crippen LogP contribution in [0.5, 0.6) is 0 Å². The first-order valence-corrected chi connectivity index (χ1v) is 45.0. The van der Waals surface area contributed by atoms with Crippen LogP contribution in [0.25, 0.3) is 0 Å². The first-order chi connectivity index (χ1) is 19.7. The van der Waals surface area contributed by atoms with Crippen LogP contribution in [0, 0.1) is 0 Å². The number of hydrogen-bond donors (Lipinski definition) is 0. The third-order valence-corrected chi connectivity index (χ3v) is 49.5. The van der Waals surface area contributed by atoms with E-state index in [0.29, 0.717) is 0 Å². The molecule has 0 aliphatic rings. The zero-order chi connectivity index (χ0) is 32.4. The van der Waals surface area contributed by atoms with Gasteiger partial charge in [-0.05, 0) is 0 Å². The van der Waals surface area contributed by atoms with E-state index in [9.17, 15) is 0 Å². The molecule has 0 atom stereocenters. The third kappa shape index (κ3) is 67.3. The molecule has 0 rings (SSSR count). The molecule has 0 heterocycles. The van der Waals surface area contributed by atoms with E-state index >= 15 is 0 Å². The zero-order valence-corrected chi connectivity index (χ0v) is 41.6. The van der Waals surface area contributed by atoms with Crippen molar-refractivity contribution < 1.29 is 8.91 Å². The highest BCUT2D eigenvalue weighted by atomic mass is 33.4. The second-order valence-electron chi connectivity index (χ2n) is 1.77.